The fourth-order valence-corrected chi connectivity index (χ4v) is 2.66. The van der Waals surface area contributed by atoms with E-state index in [0.29, 0.717) is 35.4 Å². The lowest BCUT2D eigenvalue weighted by atomic mass is 10.1. The van der Waals surface area contributed by atoms with Crippen molar-refractivity contribution in [3.63, 3.8) is 0 Å². The first-order chi connectivity index (χ1) is 11.6. The van der Waals surface area contributed by atoms with Crippen molar-refractivity contribution >= 4 is 23.7 Å². The minimum Gasteiger partial charge on any atom is -0.462 e. The van der Waals surface area contributed by atoms with Crippen molar-refractivity contribution in [1.29, 1.82) is 0 Å². The van der Waals surface area contributed by atoms with E-state index in [1.54, 1.807) is 19.1 Å². The molecule has 0 fully saturated rings. The Morgan fingerprint density at radius 2 is 1.88 bits per heavy atom. The van der Waals surface area contributed by atoms with Crippen LogP contribution in [0.3, 0.4) is 0 Å². The number of imidazole rings is 1. The third kappa shape index (κ3) is 5.13. The van der Waals surface area contributed by atoms with E-state index in [0.717, 1.165) is 12.0 Å². The van der Waals surface area contributed by atoms with Gasteiger partial charge in [0, 0.05) is 5.75 Å². The second-order valence-electron chi connectivity index (χ2n) is 4.94. The van der Waals surface area contributed by atoms with Gasteiger partial charge in [-0.25, -0.2) is 14.6 Å². The number of rotatable bonds is 8. The van der Waals surface area contributed by atoms with Crippen LogP contribution in [0.15, 0.2) is 35.6 Å². The van der Waals surface area contributed by atoms with Gasteiger partial charge in [-0.15, -0.1) is 0 Å². The van der Waals surface area contributed by atoms with Gasteiger partial charge in [-0.05, 0) is 31.0 Å². The number of benzene rings is 1. The number of hydrogen-bond acceptors (Lipinski definition) is 6. The number of esters is 2. The zero-order valence-electron chi connectivity index (χ0n) is 13.7. The number of ether oxygens (including phenoxy) is 2. The maximum atomic E-state index is 11.7. The van der Waals surface area contributed by atoms with E-state index in [-0.39, 0.29) is 5.97 Å². The Kier molecular flexibility index (Phi) is 6.87. The first-order valence-electron chi connectivity index (χ1n) is 7.75. The fraction of sp³-hybridized carbons (Fsp3) is 0.353. The summed E-state index contributed by atoms with van der Waals surface area (Å²) in [4.78, 5) is 30.4. The number of hydrogen-bond donors (Lipinski definition) is 1. The number of aromatic amines is 1. The first-order valence-corrected chi connectivity index (χ1v) is 8.73. The van der Waals surface area contributed by atoms with Crippen LogP contribution in [-0.4, -0.2) is 35.1 Å². The monoisotopic (exact) mass is 348 g/mol. The van der Waals surface area contributed by atoms with Gasteiger partial charge in [0.2, 0.25) is 0 Å². The number of nitrogens with zero attached hydrogens (tertiary/aromatic N) is 1. The molecule has 24 heavy (non-hydrogen) atoms. The molecule has 0 saturated heterocycles. The van der Waals surface area contributed by atoms with Crippen molar-refractivity contribution < 1.29 is 19.1 Å². The Morgan fingerprint density at radius 3 is 2.54 bits per heavy atom. The third-order valence-corrected chi connectivity index (χ3v) is 4.01. The SMILES string of the molecule is CCCOC(=O)c1ccc(CSc2ncc(C(=O)OCC)[nH]2)cc1. The minimum atomic E-state index is -0.410. The standard InChI is InChI=1S/C17H20N2O4S/c1-3-9-23-15(20)13-7-5-12(6-8-13)11-24-17-18-10-14(19-17)16(21)22-4-2/h5-8,10H,3-4,9,11H2,1-2H3,(H,18,19). The normalized spacial score (nSPS) is 10.4. The highest BCUT2D eigenvalue weighted by molar-refractivity contribution is 7.98. The Morgan fingerprint density at radius 1 is 1.12 bits per heavy atom. The predicted molar refractivity (Wildman–Crippen MR) is 91.1 cm³/mol. The van der Waals surface area contributed by atoms with Gasteiger partial charge in [-0.2, -0.15) is 0 Å². The molecule has 1 heterocycles. The largest absolute Gasteiger partial charge is 0.462 e. The lowest BCUT2D eigenvalue weighted by Crippen LogP contribution is -2.05. The molecule has 6 nitrogen and oxygen atoms in total. The molecular formula is C17H20N2O4S. The lowest BCUT2D eigenvalue weighted by molar-refractivity contribution is 0.0500. The predicted octanol–water partition coefficient (Wildman–Crippen LogP) is 3.45. The van der Waals surface area contributed by atoms with Crippen LogP contribution in [-0.2, 0) is 15.2 Å². The second kappa shape index (κ2) is 9.12. The van der Waals surface area contributed by atoms with Crippen molar-refractivity contribution in [3.05, 3.63) is 47.3 Å². The molecule has 0 unspecified atom stereocenters. The van der Waals surface area contributed by atoms with Gasteiger partial charge in [0.05, 0.1) is 25.0 Å². The maximum Gasteiger partial charge on any atom is 0.356 e. The molecule has 1 aromatic heterocycles. The highest BCUT2D eigenvalue weighted by Gasteiger charge is 2.11. The van der Waals surface area contributed by atoms with Crippen molar-refractivity contribution in [3.8, 4) is 0 Å². The van der Waals surface area contributed by atoms with Gasteiger partial charge < -0.3 is 14.5 Å². The molecule has 0 atom stereocenters. The Hall–Kier alpha value is -2.28. The average Bonchev–Trinajstić information content (AvgIpc) is 3.07. The Labute approximate surface area is 145 Å². The summed E-state index contributed by atoms with van der Waals surface area (Å²) in [6.07, 6.45) is 2.27. The van der Waals surface area contributed by atoms with Crippen molar-refractivity contribution in [2.24, 2.45) is 0 Å². The van der Waals surface area contributed by atoms with Crippen molar-refractivity contribution in [2.75, 3.05) is 13.2 Å². The second-order valence-corrected chi connectivity index (χ2v) is 5.91. The van der Waals surface area contributed by atoms with Crippen LogP contribution >= 0.6 is 11.8 Å². The first kappa shape index (κ1) is 18.1. The van der Waals surface area contributed by atoms with E-state index in [9.17, 15) is 9.59 Å². The summed E-state index contributed by atoms with van der Waals surface area (Å²) in [6, 6.07) is 7.26. The number of aromatic nitrogens is 2. The minimum absolute atomic E-state index is 0.304. The maximum absolute atomic E-state index is 11.7. The third-order valence-electron chi connectivity index (χ3n) is 3.05. The van der Waals surface area contributed by atoms with Crippen LogP contribution in [0.25, 0.3) is 0 Å². The topological polar surface area (TPSA) is 81.3 Å². The Bertz CT molecular complexity index is 682. The van der Waals surface area contributed by atoms with Gasteiger partial charge in [-0.1, -0.05) is 30.8 Å². The number of carbonyl (C=O) groups is 2. The summed E-state index contributed by atoms with van der Waals surface area (Å²) in [5, 5.41) is 0.643. The van der Waals surface area contributed by atoms with E-state index in [2.05, 4.69) is 9.97 Å². The van der Waals surface area contributed by atoms with Crippen molar-refractivity contribution in [1.82, 2.24) is 9.97 Å². The molecule has 2 rings (SSSR count). The molecule has 0 amide bonds. The zero-order valence-corrected chi connectivity index (χ0v) is 14.5. The van der Waals surface area contributed by atoms with Gasteiger partial charge in [0.25, 0.3) is 0 Å². The summed E-state index contributed by atoms with van der Waals surface area (Å²) >= 11 is 1.47. The molecule has 7 heteroatoms. The molecule has 1 aromatic carbocycles. The number of thioether (sulfide) groups is 1. The number of carbonyl (C=O) groups excluding carboxylic acids is 2. The van der Waals surface area contributed by atoms with Gasteiger partial charge in [-0.3, -0.25) is 0 Å². The molecule has 1 N–H and O–H groups in total. The fourth-order valence-electron chi connectivity index (χ4n) is 1.86. The molecule has 0 aliphatic rings. The number of nitrogens with one attached hydrogen (secondary N) is 1. The zero-order chi connectivity index (χ0) is 17.4. The molecule has 0 bridgehead atoms. The van der Waals surface area contributed by atoms with E-state index < -0.39 is 5.97 Å². The molecule has 0 aliphatic heterocycles. The summed E-state index contributed by atoms with van der Waals surface area (Å²) in [5.41, 5.74) is 1.93. The quantitative estimate of drug-likeness (QED) is 0.581. The number of H-pyrrole nitrogens is 1. The van der Waals surface area contributed by atoms with E-state index >= 15 is 0 Å². The molecular weight excluding hydrogens is 328 g/mol. The summed E-state index contributed by atoms with van der Waals surface area (Å²) in [5.74, 6) is -0.0481. The van der Waals surface area contributed by atoms with Gasteiger partial charge >= 0.3 is 11.9 Å². The van der Waals surface area contributed by atoms with E-state index in [1.165, 1.54) is 18.0 Å². The van der Waals surface area contributed by atoms with Crippen molar-refractivity contribution in [2.45, 2.75) is 31.2 Å². The van der Waals surface area contributed by atoms with E-state index in [4.69, 9.17) is 9.47 Å². The lowest BCUT2D eigenvalue weighted by Gasteiger charge is -2.04. The van der Waals surface area contributed by atoms with Crippen LogP contribution in [0.1, 0.15) is 46.7 Å². The van der Waals surface area contributed by atoms with Crippen LogP contribution in [0.4, 0.5) is 0 Å². The van der Waals surface area contributed by atoms with Crippen LogP contribution in [0.5, 0.6) is 0 Å². The average molecular weight is 348 g/mol. The highest BCUT2D eigenvalue weighted by Crippen LogP contribution is 2.20. The molecule has 0 radical (unpaired) electrons. The molecule has 0 aliphatic carbocycles. The summed E-state index contributed by atoms with van der Waals surface area (Å²) in [6.45, 7) is 4.46. The molecule has 128 valence electrons. The molecule has 0 spiro atoms. The van der Waals surface area contributed by atoms with Crippen LogP contribution in [0.2, 0.25) is 0 Å². The van der Waals surface area contributed by atoms with E-state index in [1.807, 2.05) is 19.1 Å². The Balaban J connectivity index is 1.88. The van der Waals surface area contributed by atoms with Gasteiger partial charge in [0.1, 0.15) is 5.69 Å². The van der Waals surface area contributed by atoms with Gasteiger partial charge in [0.15, 0.2) is 5.16 Å². The summed E-state index contributed by atoms with van der Waals surface area (Å²) in [7, 11) is 0. The smallest absolute Gasteiger partial charge is 0.356 e. The van der Waals surface area contributed by atoms with Crippen LogP contribution < -0.4 is 0 Å². The highest BCUT2D eigenvalue weighted by atomic mass is 32.2. The summed E-state index contributed by atoms with van der Waals surface area (Å²) < 4.78 is 9.99. The van der Waals surface area contributed by atoms with Crippen LogP contribution in [0, 0.1) is 0 Å². The molecule has 2 aromatic rings. The molecule has 0 saturated carbocycles.